The minimum absolute atomic E-state index is 0.149. The molecule has 16 heavy (non-hydrogen) atoms. The fraction of sp³-hybridized carbons (Fsp3) is 0.455. The third-order valence-electron chi connectivity index (χ3n) is 2.17. The van der Waals surface area contributed by atoms with Gasteiger partial charge in [0.1, 0.15) is 0 Å². The van der Waals surface area contributed by atoms with Crippen molar-refractivity contribution in [2.75, 3.05) is 0 Å². The van der Waals surface area contributed by atoms with Crippen LogP contribution in [0.15, 0.2) is 24.3 Å². The number of hydrogen-bond acceptors (Lipinski definition) is 1. The minimum Gasteiger partial charge on any atom is -0.393 e. The molecule has 0 aliphatic rings. The van der Waals surface area contributed by atoms with Crippen LogP contribution in [-0.2, 0) is 6.42 Å². The van der Waals surface area contributed by atoms with Gasteiger partial charge >= 0.3 is 6.18 Å². The normalized spacial score (nSPS) is 13.8. The number of halogens is 4. The summed E-state index contributed by atoms with van der Waals surface area (Å²) in [6, 6.07) is 6.80. The topological polar surface area (TPSA) is 20.2 Å². The van der Waals surface area contributed by atoms with Crippen LogP contribution in [-0.4, -0.2) is 17.4 Å². The van der Waals surface area contributed by atoms with Crippen molar-refractivity contribution in [3.05, 3.63) is 34.9 Å². The number of alkyl halides is 3. The van der Waals surface area contributed by atoms with Crippen molar-refractivity contribution in [1.82, 2.24) is 0 Å². The summed E-state index contributed by atoms with van der Waals surface area (Å²) in [7, 11) is 0. The zero-order valence-corrected chi connectivity index (χ0v) is 9.22. The van der Waals surface area contributed by atoms with E-state index in [1.807, 2.05) is 0 Å². The molecule has 1 aromatic rings. The molecule has 1 atom stereocenters. The van der Waals surface area contributed by atoms with Crippen molar-refractivity contribution < 1.29 is 18.3 Å². The maximum Gasteiger partial charge on any atom is 0.389 e. The van der Waals surface area contributed by atoms with Crippen LogP contribution in [0.4, 0.5) is 13.2 Å². The van der Waals surface area contributed by atoms with Gasteiger partial charge in [0.05, 0.1) is 6.10 Å². The SMILES string of the molecule is OC(CCC(F)(F)F)Cc1ccccc1Cl. The first-order chi connectivity index (χ1) is 7.38. The molecule has 90 valence electrons. The predicted octanol–water partition coefficient (Wildman–Crippen LogP) is 3.59. The summed E-state index contributed by atoms with van der Waals surface area (Å²) >= 11 is 5.83. The Morgan fingerprint density at radius 2 is 1.88 bits per heavy atom. The summed E-state index contributed by atoms with van der Waals surface area (Å²) < 4.78 is 35.7. The Balaban J connectivity index is 2.46. The summed E-state index contributed by atoms with van der Waals surface area (Å²) in [5.41, 5.74) is 0.666. The number of aliphatic hydroxyl groups is 1. The largest absolute Gasteiger partial charge is 0.393 e. The molecule has 0 amide bonds. The first-order valence-corrected chi connectivity index (χ1v) is 5.24. The van der Waals surface area contributed by atoms with Crippen molar-refractivity contribution in [2.24, 2.45) is 0 Å². The van der Waals surface area contributed by atoms with Crippen LogP contribution in [0.5, 0.6) is 0 Å². The highest BCUT2D eigenvalue weighted by atomic mass is 35.5. The summed E-state index contributed by atoms with van der Waals surface area (Å²) in [5, 5.41) is 9.90. The van der Waals surface area contributed by atoms with Crippen LogP contribution in [0.3, 0.4) is 0 Å². The molecule has 0 aromatic heterocycles. The lowest BCUT2D eigenvalue weighted by Crippen LogP contribution is -2.16. The first kappa shape index (κ1) is 13.3. The Labute approximate surface area is 96.9 Å². The molecule has 1 rings (SSSR count). The predicted molar refractivity (Wildman–Crippen MR) is 56.5 cm³/mol. The van der Waals surface area contributed by atoms with Crippen molar-refractivity contribution in [3.63, 3.8) is 0 Å². The van der Waals surface area contributed by atoms with Crippen molar-refractivity contribution in [1.29, 1.82) is 0 Å². The van der Waals surface area contributed by atoms with Gasteiger partial charge < -0.3 is 5.11 Å². The van der Waals surface area contributed by atoms with E-state index in [4.69, 9.17) is 11.6 Å². The molecule has 1 unspecified atom stereocenters. The minimum atomic E-state index is -4.22. The molecule has 0 aliphatic heterocycles. The van der Waals surface area contributed by atoms with Crippen LogP contribution in [0.25, 0.3) is 0 Å². The lowest BCUT2D eigenvalue weighted by atomic mass is 10.0. The van der Waals surface area contributed by atoms with E-state index in [0.29, 0.717) is 10.6 Å². The third kappa shape index (κ3) is 4.86. The van der Waals surface area contributed by atoms with Gasteiger partial charge in [-0.15, -0.1) is 0 Å². The summed E-state index contributed by atoms with van der Waals surface area (Å²) in [6.07, 6.45) is -6.36. The second-order valence-electron chi connectivity index (χ2n) is 3.60. The molecule has 0 bridgehead atoms. The van der Waals surface area contributed by atoms with E-state index in [1.165, 1.54) is 0 Å². The zero-order chi connectivity index (χ0) is 12.2. The molecule has 1 nitrogen and oxygen atoms in total. The van der Waals surface area contributed by atoms with Crippen LogP contribution >= 0.6 is 11.6 Å². The Morgan fingerprint density at radius 1 is 1.25 bits per heavy atom. The van der Waals surface area contributed by atoms with E-state index in [1.54, 1.807) is 24.3 Å². The third-order valence-corrected chi connectivity index (χ3v) is 2.54. The molecular weight excluding hydrogens is 241 g/mol. The maximum atomic E-state index is 11.9. The second-order valence-corrected chi connectivity index (χ2v) is 4.01. The average molecular weight is 253 g/mol. The van der Waals surface area contributed by atoms with Crippen molar-refractivity contribution >= 4 is 11.6 Å². The van der Waals surface area contributed by atoms with Gasteiger partial charge in [0, 0.05) is 11.4 Å². The van der Waals surface area contributed by atoms with Gasteiger partial charge in [-0.2, -0.15) is 13.2 Å². The molecule has 0 saturated carbocycles. The first-order valence-electron chi connectivity index (χ1n) is 4.87. The highest BCUT2D eigenvalue weighted by Gasteiger charge is 2.27. The Bertz CT molecular complexity index is 338. The summed E-state index contributed by atoms with van der Waals surface area (Å²) in [4.78, 5) is 0. The quantitative estimate of drug-likeness (QED) is 0.868. The van der Waals surface area contributed by atoms with E-state index < -0.39 is 18.7 Å². The maximum absolute atomic E-state index is 11.9. The second kappa shape index (κ2) is 5.55. The smallest absolute Gasteiger partial charge is 0.389 e. The standard InChI is InChI=1S/C11H12ClF3O/c12-10-4-2-1-3-8(10)7-9(16)5-6-11(13,14)15/h1-4,9,16H,5-7H2. The number of benzene rings is 1. The van der Waals surface area contributed by atoms with Gasteiger partial charge in [0.15, 0.2) is 0 Å². The molecule has 0 heterocycles. The van der Waals surface area contributed by atoms with Gasteiger partial charge in [-0.3, -0.25) is 0 Å². The lowest BCUT2D eigenvalue weighted by molar-refractivity contribution is -0.139. The van der Waals surface area contributed by atoms with E-state index >= 15 is 0 Å². The van der Waals surface area contributed by atoms with Crippen molar-refractivity contribution in [2.45, 2.75) is 31.5 Å². The zero-order valence-electron chi connectivity index (χ0n) is 8.47. The molecule has 0 saturated heterocycles. The summed E-state index contributed by atoms with van der Waals surface area (Å²) in [5.74, 6) is 0. The van der Waals surface area contributed by atoms with E-state index in [0.717, 1.165) is 0 Å². The molecule has 0 spiro atoms. The van der Waals surface area contributed by atoms with Crippen LogP contribution < -0.4 is 0 Å². The van der Waals surface area contributed by atoms with Gasteiger partial charge in [0.2, 0.25) is 0 Å². The van der Waals surface area contributed by atoms with E-state index in [2.05, 4.69) is 0 Å². The van der Waals surface area contributed by atoms with Gasteiger partial charge in [0.25, 0.3) is 0 Å². The Morgan fingerprint density at radius 3 is 2.44 bits per heavy atom. The highest BCUT2D eigenvalue weighted by Crippen LogP contribution is 2.24. The fourth-order valence-corrected chi connectivity index (χ4v) is 1.56. The number of hydrogen-bond donors (Lipinski definition) is 1. The molecule has 0 radical (unpaired) electrons. The fourth-order valence-electron chi connectivity index (χ4n) is 1.35. The molecule has 1 N–H and O–H groups in total. The lowest BCUT2D eigenvalue weighted by Gasteiger charge is -2.13. The van der Waals surface area contributed by atoms with Crippen LogP contribution in [0.1, 0.15) is 18.4 Å². The molecule has 5 heteroatoms. The summed E-state index contributed by atoms with van der Waals surface area (Å²) in [6.45, 7) is 0. The molecule has 1 aromatic carbocycles. The van der Waals surface area contributed by atoms with E-state index in [-0.39, 0.29) is 12.8 Å². The van der Waals surface area contributed by atoms with Gasteiger partial charge in [-0.05, 0) is 24.5 Å². The molecule has 0 fully saturated rings. The number of aliphatic hydroxyl groups excluding tert-OH is 1. The monoisotopic (exact) mass is 252 g/mol. The van der Waals surface area contributed by atoms with Gasteiger partial charge in [-0.1, -0.05) is 29.8 Å². The highest BCUT2D eigenvalue weighted by molar-refractivity contribution is 6.31. The van der Waals surface area contributed by atoms with E-state index in [9.17, 15) is 18.3 Å². The van der Waals surface area contributed by atoms with Gasteiger partial charge in [-0.25, -0.2) is 0 Å². The molecule has 0 aliphatic carbocycles. The van der Waals surface area contributed by atoms with Crippen LogP contribution in [0.2, 0.25) is 5.02 Å². The van der Waals surface area contributed by atoms with Crippen LogP contribution in [0, 0.1) is 0 Å². The average Bonchev–Trinajstić information content (AvgIpc) is 2.18. The Kier molecular flexibility index (Phi) is 4.62. The van der Waals surface area contributed by atoms with Crippen molar-refractivity contribution in [3.8, 4) is 0 Å². The Hall–Kier alpha value is -0.740. The molecular formula is C11H12ClF3O. The number of rotatable bonds is 4.